The lowest BCUT2D eigenvalue weighted by Gasteiger charge is -2.27. The van der Waals surface area contributed by atoms with Gasteiger partial charge >= 0.3 is 18.1 Å². The van der Waals surface area contributed by atoms with Crippen molar-refractivity contribution in [1.29, 1.82) is 0 Å². The highest BCUT2D eigenvalue weighted by molar-refractivity contribution is 5.81. The highest BCUT2D eigenvalue weighted by Crippen LogP contribution is 2.66. The van der Waals surface area contributed by atoms with Crippen LogP contribution in [-0.2, 0) is 9.59 Å². The third-order valence-electron chi connectivity index (χ3n) is 2.92. The SMILES string of the molecule is N[C@H]1C[C@]2(C(=O)O)C[C@H]12.O=C(O)C(F)(F)F. The summed E-state index contributed by atoms with van der Waals surface area (Å²) in [5.41, 5.74) is 5.18. The van der Waals surface area contributed by atoms with Gasteiger partial charge in [0.1, 0.15) is 0 Å². The molecule has 4 N–H and O–H groups in total. The minimum atomic E-state index is -5.08. The van der Waals surface area contributed by atoms with Crippen LogP contribution in [0.4, 0.5) is 13.2 Å². The summed E-state index contributed by atoms with van der Waals surface area (Å²) in [6.07, 6.45) is -3.56. The van der Waals surface area contributed by atoms with Crippen molar-refractivity contribution in [3.8, 4) is 0 Å². The van der Waals surface area contributed by atoms with E-state index in [1.54, 1.807) is 0 Å². The van der Waals surface area contributed by atoms with E-state index in [4.69, 9.17) is 20.7 Å². The Kier molecular flexibility index (Phi) is 2.88. The number of alkyl halides is 3. The molecule has 2 saturated carbocycles. The number of rotatable bonds is 1. The van der Waals surface area contributed by atoms with Crippen molar-refractivity contribution in [2.24, 2.45) is 17.1 Å². The van der Waals surface area contributed by atoms with Crippen LogP contribution < -0.4 is 5.73 Å². The Morgan fingerprint density at radius 1 is 1.25 bits per heavy atom. The van der Waals surface area contributed by atoms with Crippen LogP contribution in [0.25, 0.3) is 0 Å². The van der Waals surface area contributed by atoms with Gasteiger partial charge in [0.2, 0.25) is 0 Å². The quantitative estimate of drug-likeness (QED) is 0.618. The number of halogens is 3. The Labute approximate surface area is 88.0 Å². The van der Waals surface area contributed by atoms with E-state index in [0.717, 1.165) is 6.42 Å². The van der Waals surface area contributed by atoms with Crippen LogP contribution in [0.3, 0.4) is 0 Å². The highest BCUT2D eigenvalue weighted by atomic mass is 19.4. The molecule has 0 unspecified atom stereocenters. The van der Waals surface area contributed by atoms with Crippen molar-refractivity contribution in [1.82, 2.24) is 0 Å². The van der Waals surface area contributed by atoms with Crippen LogP contribution in [0.2, 0.25) is 0 Å². The fraction of sp³-hybridized carbons (Fsp3) is 0.750. The minimum absolute atomic E-state index is 0.182. The van der Waals surface area contributed by atoms with Gasteiger partial charge < -0.3 is 15.9 Å². The summed E-state index contributed by atoms with van der Waals surface area (Å²) in [5.74, 6) is -3.09. The molecule has 0 radical (unpaired) electrons. The zero-order chi connectivity index (χ0) is 12.7. The maximum atomic E-state index is 10.6. The molecule has 0 bridgehead atoms. The maximum absolute atomic E-state index is 10.6. The number of carbonyl (C=O) groups is 2. The number of hydrogen-bond donors (Lipinski definition) is 3. The van der Waals surface area contributed by atoms with Crippen LogP contribution >= 0.6 is 0 Å². The summed E-state index contributed by atoms with van der Waals surface area (Å²) in [6.45, 7) is 0. The monoisotopic (exact) mass is 241 g/mol. The lowest BCUT2D eigenvalue weighted by atomic mass is 9.81. The molecule has 0 aliphatic heterocycles. The molecule has 2 aliphatic rings. The highest BCUT2D eigenvalue weighted by Gasteiger charge is 2.71. The maximum Gasteiger partial charge on any atom is 0.490 e. The van der Waals surface area contributed by atoms with Gasteiger partial charge in [0.25, 0.3) is 0 Å². The summed E-state index contributed by atoms with van der Waals surface area (Å²) in [7, 11) is 0. The Morgan fingerprint density at radius 2 is 1.69 bits per heavy atom. The standard InChI is InChI=1S/C6H9NO2.C2HF3O2/c7-4-2-6(5(8)9)1-3(4)6;3-2(4,5)1(6)7/h3-4H,1-2,7H2,(H,8,9);(H,6,7)/t3-,4+,6-;/m1./s1. The van der Waals surface area contributed by atoms with Crippen molar-refractivity contribution in [3.63, 3.8) is 0 Å². The first-order valence-corrected chi connectivity index (χ1v) is 4.40. The molecule has 0 spiro atoms. The van der Waals surface area contributed by atoms with Gasteiger partial charge in [0, 0.05) is 6.04 Å². The van der Waals surface area contributed by atoms with Crippen molar-refractivity contribution in [2.45, 2.75) is 25.1 Å². The van der Waals surface area contributed by atoms with E-state index in [-0.39, 0.29) is 11.5 Å². The van der Waals surface area contributed by atoms with Crippen LogP contribution in [0.1, 0.15) is 12.8 Å². The molecule has 0 heterocycles. The number of aliphatic carboxylic acids is 2. The summed E-state index contributed by atoms with van der Waals surface area (Å²) < 4.78 is 31.7. The van der Waals surface area contributed by atoms with Crippen LogP contribution in [0.15, 0.2) is 0 Å². The lowest BCUT2D eigenvalue weighted by molar-refractivity contribution is -0.192. The topological polar surface area (TPSA) is 101 Å². The first-order valence-electron chi connectivity index (χ1n) is 4.40. The van der Waals surface area contributed by atoms with Gasteiger partial charge in [-0.15, -0.1) is 0 Å². The average molecular weight is 241 g/mol. The molecular formula is C8H10F3NO4. The molecule has 2 rings (SSSR count). The van der Waals surface area contributed by atoms with E-state index in [2.05, 4.69) is 0 Å². The minimum Gasteiger partial charge on any atom is -0.481 e. The summed E-state index contributed by atoms with van der Waals surface area (Å²) >= 11 is 0. The van der Waals surface area contributed by atoms with Gasteiger partial charge in [0.15, 0.2) is 0 Å². The average Bonchev–Trinajstić information content (AvgIpc) is 2.71. The third-order valence-corrected chi connectivity index (χ3v) is 2.92. The summed E-state index contributed by atoms with van der Waals surface area (Å²) in [4.78, 5) is 19.3. The van der Waals surface area contributed by atoms with Crippen LogP contribution in [-0.4, -0.2) is 34.4 Å². The molecular weight excluding hydrogens is 231 g/mol. The fourth-order valence-corrected chi connectivity index (χ4v) is 1.86. The van der Waals surface area contributed by atoms with Gasteiger partial charge in [-0.3, -0.25) is 4.79 Å². The van der Waals surface area contributed by atoms with E-state index in [9.17, 15) is 18.0 Å². The second-order valence-corrected chi connectivity index (χ2v) is 3.94. The van der Waals surface area contributed by atoms with Crippen molar-refractivity contribution in [2.75, 3.05) is 0 Å². The van der Waals surface area contributed by atoms with E-state index >= 15 is 0 Å². The first-order chi connectivity index (χ1) is 7.11. The summed E-state index contributed by atoms with van der Waals surface area (Å²) in [6, 6.07) is 0.182. The summed E-state index contributed by atoms with van der Waals surface area (Å²) in [5, 5.41) is 15.7. The Balaban J connectivity index is 0.000000168. The largest absolute Gasteiger partial charge is 0.490 e. The molecule has 0 aromatic heterocycles. The zero-order valence-corrected chi connectivity index (χ0v) is 7.99. The van der Waals surface area contributed by atoms with Crippen molar-refractivity contribution in [3.05, 3.63) is 0 Å². The number of hydrogen-bond acceptors (Lipinski definition) is 3. The molecule has 0 amide bonds. The molecule has 2 fully saturated rings. The lowest BCUT2D eigenvalue weighted by Crippen LogP contribution is -2.42. The molecule has 16 heavy (non-hydrogen) atoms. The first kappa shape index (κ1) is 12.8. The second kappa shape index (κ2) is 3.62. The van der Waals surface area contributed by atoms with Gasteiger partial charge in [-0.1, -0.05) is 0 Å². The van der Waals surface area contributed by atoms with E-state index < -0.39 is 18.1 Å². The van der Waals surface area contributed by atoms with E-state index in [1.807, 2.05) is 0 Å². The molecule has 0 aromatic carbocycles. The van der Waals surface area contributed by atoms with Crippen LogP contribution in [0, 0.1) is 11.3 Å². The predicted molar refractivity (Wildman–Crippen MR) is 44.5 cm³/mol. The van der Waals surface area contributed by atoms with Gasteiger partial charge in [-0.2, -0.15) is 13.2 Å². The van der Waals surface area contributed by atoms with E-state index in [0.29, 0.717) is 12.3 Å². The Morgan fingerprint density at radius 3 is 1.75 bits per heavy atom. The van der Waals surface area contributed by atoms with Gasteiger partial charge in [-0.25, -0.2) is 4.79 Å². The fourth-order valence-electron chi connectivity index (χ4n) is 1.86. The molecule has 2 aliphatic carbocycles. The number of nitrogens with two attached hydrogens (primary N) is 1. The number of carboxylic acids is 2. The third kappa shape index (κ3) is 2.11. The van der Waals surface area contributed by atoms with E-state index in [1.165, 1.54) is 0 Å². The Hall–Kier alpha value is -1.31. The number of carboxylic acid groups (broad SMARTS) is 2. The molecule has 5 nitrogen and oxygen atoms in total. The zero-order valence-electron chi connectivity index (χ0n) is 7.99. The van der Waals surface area contributed by atoms with Gasteiger partial charge in [0.05, 0.1) is 5.41 Å². The molecule has 3 atom stereocenters. The molecule has 0 aromatic rings. The normalized spacial score (nSPS) is 35.0. The van der Waals surface area contributed by atoms with Gasteiger partial charge in [-0.05, 0) is 18.8 Å². The van der Waals surface area contributed by atoms with Crippen molar-refractivity contribution < 1.29 is 33.0 Å². The molecule has 8 heteroatoms. The molecule has 0 saturated heterocycles. The molecule has 92 valence electrons. The predicted octanol–water partition coefficient (Wildman–Crippen LogP) is 0.442. The Bertz CT molecular complexity index is 330. The van der Waals surface area contributed by atoms with Crippen molar-refractivity contribution >= 4 is 11.9 Å². The van der Waals surface area contributed by atoms with Crippen LogP contribution in [0.5, 0.6) is 0 Å². The number of fused-ring (bicyclic) bond motifs is 1. The second-order valence-electron chi connectivity index (χ2n) is 3.94. The smallest absolute Gasteiger partial charge is 0.481 e.